The molecule has 0 amide bonds. The number of sulfone groups is 1. The summed E-state index contributed by atoms with van der Waals surface area (Å²) in [6.07, 6.45) is 0.552. The third kappa shape index (κ3) is 5.30. The normalized spacial score (nSPS) is 19.6. The van der Waals surface area contributed by atoms with E-state index in [0.717, 1.165) is 62.3 Å². The molecular formula is C24H27ClF4O2S. The molecule has 0 atom stereocenters. The minimum Gasteiger partial charge on any atom is -0.223 e. The second-order valence-electron chi connectivity index (χ2n) is 9.16. The van der Waals surface area contributed by atoms with Gasteiger partial charge in [0.1, 0.15) is 5.82 Å². The first-order valence-electron chi connectivity index (χ1n) is 10.7. The summed E-state index contributed by atoms with van der Waals surface area (Å²) in [5, 5.41) is 0.119. The molecule has 0 bridgehead atoms. The molecule has 2 aromatic carbocycles. The highest BCUT2D eigenvalue weighted by Crippen LogP contribution is 2.48. The SMILES string of the molecule is CC(C)(C1CC(CCCCc2ccc(F)c(Cl)c2)C1)S(=O)(=O)c1cccc(C(F)(F)F)c1. The fourth-order valence-corrected chi connectivity index (χ4v) is 6.34. The Balaban J connectivity index is 1.53. The zero-order valence-corrected chi connectivity index (χ0v) is 19.6. The van der Waals surface area contributed by atoms with Crippen molar-refractivity contribution < 1.29 is 26.0 Å². The number of unbranched alkanes of at least 4 members (excludes halogenated alkanes) is 1. The molecule has 1 saturated carbocycles. The van der Waals surface area contributed by atoms with Crippen molar-refractivity contribution in [3.05, 3.63) is 64.4 Å². The Kier molecular flexibility index (Phi) is 7.30. The van der Waals surface area contributed by atoms with Gasteiger partial charge in [-0.15, -0.1) is 0 Å². The Morgan fingerprint density at radius 2 is 1.72 bits per heavy atom. The summed E-state index contributed by atoms with van der Waals surface area (Å²) in [5.41, 5.74) is 0.0273. The number of halogens is 5. The van der Waals surface area contributed by atoms with E-state index >= 15 is 0 Å². The first-order valence-corrected chi connectivity index (χ1v) is 12.5. The van der Waals surface area contributed by atoms with E-state index in [-0.39, 0.29) is 15.8 Å². The van der Waals surface area contributed by atoms with E-state index in [0.29, 0.717) is 5.92 Å². The number of hydrogen-bond acceptors (Lipinski definition) is 2. The maximum Gasteiger partial charge on any atom is 0.416 e. The zero-order valence-electron chi connectivity index (χ0n) is 18.1. The van der Waals surface area contributed by atoms with E-state index in [1.54, 1.807) is 26.0 Å². The number of hydrogen-bond donors (Lipinski definition) is 0. The molecule has 3 rings (SSSR count). The van der Waals surface area contributed by atoms with Crippen LogP contribution in [0.25, 0.3) is 0 Å². The predicted molar refractivity (Wildman–Crippen MR) is 118 cm³/mol. The molecule has 0 aromatic heterocycles. The quantitative estimate of drug-likeness (QED) is 0.284. The van der Waals surface area contributed by atoms with E-state index in [4.69, 9.17) is 11.6 Å². The molecule has 176 valence electrons. The van der Waals surface area contributed by atoms with Gasteiger partial charge < -0.3 is 0 Å². The smallest absolute Gasteiger partial charge is 0.223 e. The highest BCUT2D eigenvalue weighted by atomic mass is 35.5. The summed E-state index contributed by atoms with van der Waals surface area (Å²) >= 11 is 5.80. The molecule has 0 unspecified atom stereocenters. The van der Waals surface area contributed by atoms with E-state index in [2.05, 4.69) is 0 Å². The highest BCUT2D eigenvalue weighted by molar-refractivity contribution is 7.92. The fourth-order valence-electron chi connectivity index (χ4n) is 4.36. The molecule has 0 saturated heterocycles. The molecule has 0 radical (unpaired) electrons. The summed E-state index contributed by atoms with van der Waals surface area (Å²) < 4.78 is 77.4. The maximum absolute atomic E-state index is 13.2. The van der Waals surface area contributed by atoms with E-state index in [1.807, 2.05) is 0 Å². The van der Waals surface area contributed by atoms with Crippen LogP contribution in [0.2, 0.25) is 5.02 Å². The van der Waals surface area contributed by atoms with Gasteiger partial charge in [0.15, 0.2) is 9.84 Å². The van der Waals surface area contributed by atoms with Crippen LogP contribution >= 0.6 is 11.6 Å². The van der Waals surface area contributed by atoms with Gasteiger partial charge in [-0.05, 0) is 87.3 Å². The Morgan fingerprint density at radius 3 is 2.34 bits per heavy atom. The van der Waals surface area contributed by atoms with Gasteiger partial charge in [-0.1, -0.05) is 36.6 Å². The summed E-state index contributed by atoms with van der Waals surface area (Å²) in [6, 6.07) is 8.72. The standard InChI is InChI=1S/C24H27ClF4O2S/c1-23(2,32(30,31)20-9-5-8-18(15-20)24(27,28)29)19-12-17(13-19)7-4-3-6-16-10-11-22(26)21(25)14-16/h5,8-11,14-15,17,19H,3-4,6-7,12-13H2,1-2H3. The second-order valence-corrected chi connectivity index (χ2v) is 12.1. The first kappa shape index (κ1) is 25.0. The average molecular weight is 491 g/mol. The van der Waals surface area contributed by atoms with Crippen LogP contribution in [0.4, 0.5) is 17.6 Å². The van der Waals surface area contributed by atoms with Gasteiger partial charge in [0.25, 0.3) is 0 Å². The van der Waals surface area contributed by atoms with Crippen LogP contribution < -0.4 is 0 Å². The van der Waals surface area contributed by atoms with Crippen LogP contribution in [0, 0.1) is 17.7 Å². The summed E-state index contributed by atoms with van der Waals surface area (Å²) in [5.74, 6) is -0.116. The average Bonchev–Trinajstić information content (AvgIpc) is 2.68. The Labute approximate surface area is 191 Å². The molecule has 2 nitrogen and oxygen atoms in total. The van der Waals surface area contributed by atoms with Gasteiger partial charge in [-0.25, -0.2) is 12.8 Å². The molecule has 2 aromatic rings. The lowest BCUT2D eigenvalue weighted by Gasteiger charge is -2.45. The van der Waals surface area contributed by atoms with Gasteiger partial charge in [-0.3, -0.25) is 0 Å². The van der Waals surface area contributed by atoms with Crippen molar-refractivity contribution in [2.24, 2.45) is 11.8 Å². The van der Waals surface area contributed by atoms with Gasteiger partial charge in [0.2, 0.25) is 0 Å². The second kappa shape index (κ2) is 9.34. The van der Waals surface area contributed by atoms with E-state index in [9.17, 15) is 26.0 Å². The number of alkyl halides is 3. The maximum atomic E-state index is 13.2. The number of benzene rings is 2. The van der Waals surface area contributed by atoms with Gasteiger partial charge in [0.05, 0.1) is 20.2 Å². The minimum absolute atomic E-state index is 0.0945. The topological polar surface area (TPSA) is 34.1 Å². The molecule has 0 aliphatic heterocycles. The highest BCUT2D eigenvalue weighted by Gasteiger charge is 2.48. The van der Waals surface area contributed by atoms with Crippen LogP contribution in [0.15, 0.2) is 47.4 Å². The van der Waals surface area contributed by atoms with Crippen LogP contribution in [0.3, 0.4) is 0 Å². The van der Waals surface area contributed by atoms with Crippen molar-refractivity contribution in [3.63, 3.8) is 0 Å². The van der Waals surface area contributed by atoms with Gasteiger partial charge in [0, 0.05) is 0 Å². The lowest BCUT2D eigenvalue weighted by molar-refractivity contribution is -0.137. The van der Waals surface area contributed by atoms with Crippen LogP contribution in [-0.4, -0.2) is 13.2 Å². The molecule has 8 heteroatoms. The number of rotatable bonds is 8. The van der Waals surface area contributed by atoms with E-state index < -0.39 is 32.1 Å². The van der Waals surface area contributed by atoms with Crippen molar-refractivity contribution in [2.75, 3.05) is 0 Å². The Morgan fingerprint density at radius 1 is 1.03 bits per heavy atom. The first-order chi connectivity index (χ1) is 14.8. The summed E-state index contributed by atoms with van der Waals surface area (Å²) in [7, 11) is -3.92. The molecule has 0 heterocycles. The van der Waals surface area contributed by atoms with Crippen LogP contribution in [0.1, 0.15) is 57.1 Å². The summed E-state index contributed by atoms with van der Waals surface area (Å²) in [6.45, 7) is 3.23. The summed E-state index contributed by atoms with van der Waals surface area (Å²) in [4.78, 5) is -0.279. The zero-order chi connectivity index (χ0) is 23.7. The van der Waals surface area contributed by atoms with Gasteiger partial charge >= 0.3 is 6.18 Å². The van der Waals surface area contributed by atoms with Crippen molar-refractivity contribution in [1.82, 2.24) is 0 Å². The molecule has 1 fully saturated rings. The van der Waals surface area contributed by atoms with Crippen molar-refractivity contribution >= 4 is 21.4 Å². The molecule has 0 N–H and O–H groups in total. The monoisotopic (exact) mass is 490 g/mol. The molecule has 0 spiro atoms. The van der Waals surface area contributed by atoms with Crippen LogP contribution in [-0.2, 0) is 22.4 Å². The fraction of sp³-hybridized carbons (Fsp3) is 0.500. The Bertz CT molecular complexity index is 1060. The lowest BCUT2D eigenvalue weighted by atomic mass is 9.67. The predicted octanol–water partition coefficient (Wildman–Crippen LogP) is 7.49. The molecule has 1 aliphatic rings. The van der Waals surface area contributed by atoms with Gasteiger partial charge in [-0.2, -0.15) is 13.2 Å². The van der Waals surface area contributed by atoms with Crippen molar-refractivity contribution in [1.29, 1.82) is 0 Å². The molecule has 1 aliphatic carbocycles. The minimum atomic E-state index is -4.59. The largest absolute Gasteiger partial charge is 0.416 e. The molecular weight excluding hydrogens is 464 g/mol. The Hall–Kier alpha value is -1.60. The molecule has 32 heavy (non-hydrogen) atoms. The number of aryl methyl sites for hydroxylation is 1. The lowest BCUT2D eigenvalue weighted by Crippen LogP contribution is -2.46. The third-order valence-corrected chi connectivity index (χ3v) is 9.58. The third-order valence-electron chi connectivity index (χ3n) is 6.69. The van der Waals surface area contributed by atoms with E-state index in [1.165, 1.54) is 12.1 Å². The van der Waals surface area contributed by atoms with Crippen molar-refractivity contribution in [3.8, 4) is 0 Å². The van der Waals surface area contributed by atoms with Crippen molar-refractivity contribution in [2.45, 2.75) is 68.2 Å². The van der Waals surface area contributed by atoms with Crippen LogP contribution in [0.5, 0.6) is 0 Å².